The van der Waals surface area contributed by atoms with Crippen LogP contribution in [0, 0.1) is 11.6 Å². The van der Waals surface area contributed by atoms with E-state index in [2.05, 4.69) is 5.32 Å². The summed E-state index contributed by atoms with van der Waals surface area (Å²) in [5.41, 5.74) is 1.68. The van der Waals surface area contributed by atoms with Gasteiger partial charge in [0.25, 0.3) is 0 Å². The monoisotopic (exact) mass is 263 g/mol. The second kappa shape index (κ2) is 5.80. The molecule has 2 nitrogen and oxygen atoms in total. The standard InChI is InChI=1S/C15H15F2NO/c1-10(12-6-4-7-13(16)15(12)17)18-14-8-3-2-5-11(14)9-19/h2-8,10,18-19H,9H2,1H3. The first kappa shape index (κ1) is 13.5. The Balaban J connectivity index is 2.26. The van der Waals surface area contributed by atoms with Crippen LogP contribution < -0.4 is 5.32 Å². The van der Waals surface area contributed by atoms with E-state index < -0.39 is 17.7 Å². The fraction of sp³-hybridized carbons (Fsp3) is 0.200. The van der Waals surface area contributed by atoms with Crippen LogP contribution in [0.4, 0.5) is 14.5 Å². The molecule has 0 saturated carbocycles. The van der Waals surface area contributed by atoms with Crippen molar-refractivity contribution in [1.82, 2.24) is 0 Å². The van der Waals surface area contributed by atoms with Crippen LogP contribution >= 0.6 is 0 Å². The number of hydrogen-bond acceptors (Lipinski definition) is 2. The lowest BCUT2D eigenvalue weighted by Crippen LogP contribution is -2.11. The summed E-state index contributed by atoms with van der Waals surface area (Å²) in [5.74, 6) is -1.70. The Morgan fingerprint density at radius 1 is 1.11 bits per heavy atom. The Morgan fingerprint density at radius 2 is 1.84 bits per heavy atom. The van der Waals surface area contributed by atoms with E-state index in [4.69, 9.17) is 0 Å². The van der Waals surface area contributed by atoms with Crippen molar-refractivity contribution in [2.24, 2.45) is 0 Å². The van der Waals surface area contributed by atoms with Crippen LogP contribution in [0.25, 0.3) is 0 Å². The summed E-state index contributed by atoms with van der Waals surface area (Å²) in [6.45, 7) is 1.63. The highest BCUT2D eigenvalue weighted by molar-refractivity contribution is 5.52. The molecular weight excluding hydrogens is 248 g/mol. The average Bonchev–Trinajstić information content (AvgIpc) is 2.42. The van der Waals surface area contributed by atoms with E-state index in [1.54, 1.807) is 19.1 Å². The number of para-hydroxylation sites is 1. The maximum absolute atomic E-state index is 13.7. The SMILES string of the molecule is CC(Nc1ccccc1CO)c1cccc(F)c1F. The summed E-state index contributed by atoms with van der Waals surface area (Å²) in [5, 5.41) is 12.3. The van der Waals surface area contributed by atoms with Gasteiger partial charge in [0.1, 0.15) is 0 Å². The first-order valence-corrected chi connectivity index (χ1v) is 6.02. The van der Waals surface area contributed by atoms with E-state index in [1.165, 1.54) is 12.1 Å². The highest BCUT2D eigenvalue weighted by Gasteiger charge is 2.14. The van der Waals surface area contributed by atoms with Gasteiger partial charge in [-0.25, -0.2) is 8.78 Å². The predicted molar refractivity (Wildman–Crippen MR) is 70.8 cm³/mol. The second-order valence-corrected chi connectivity index (χ2v) is 4.32. The van der Waals surface area contributed by atoms with Gasteiger partial charge in [-0.1, -0.05) is 30.3 Å². The van der Waals surface area contributed by atoms with Crippen LogP contribution in [-0.4, -0.2) is 5.11 Å². The quantitative estimate of drug-likeness (QED) is 0.882. The van der Waals surface area contributed by atoms with Gasteiger partial charge in [-0.3, -0.25) is 0 Å². The molecule has 1 unspecified atom stereocenters. The molecule has 2 N–H and O–H groups in total. The van der Waals surface area contributed by atoms with E-state index in [0.29, 0.717) is 11.3 Å². The number of aliphatic hydroxyl groups excluding tert-OH is 1. The molecule has 0 aromatic heterocycles. The van der Waals surface area contributed by atoms with Crippen molar-refractivity contribution in [3.8, 4) is 0 Å². The fourth-order valence-corrected chi connectivity index (χ4v) is 1.96. The number of nitrogens with one attached hydrogen (secondary N) is 1. The van der Waals surface area contributed by atoms with E-state index in [1.807, 2.05) is 12.1 Å². The van der Waals surface area contributed by atoms with Gasteiger partial charge < -0.3 is 10.4 Å². The Kier molecular flexibility index (Phi) is 4.12. The summed E-state index contributed by atoms with van der Waals surface area (Å²) in [6.07, 6.45) is 0. The minimum Gasteiger partial charge on any atom is -0.392 e. The number of aliphatic hydroxyl groups is 1. The molecule has 0 fully saturated rings. The van der Waals surface area contributed by atoms with Gasteiger partial charge >= 0.3 is 0 Å². The largest absolute Gasteiger partial charge is 0.392 e. The van der Waals surface area contributed by atoms with Crippen LogP contribution in [0.2, 0.25) is 0 Å². The first-order chi connectivity index (χ1) is 9.13. The molecule has 2 aromatic rings. The molecule has 2 rings (SSSR count). The van der Waals surface area contributed by atoms with E-state index in [0.717, 1.165) is 6.07 Å². The summed E-state index contributed by atoms with van der Waals surface area (Å²) < 4.78 is 26.9. The van der Waals surface area contributed by atoms with Crippen LogP contribution in [0.1, 0.15) is 24.1 Å². The zero-order valence-electron chi connectivity index (χ0n) is 10.5. The zero-order valence-corrected chi connectivity index (χ0v) is 10.5. The molecule has 19 heavy (non-hydrogen) atoms. The third kappa shape index (κ3) is 2.90. The Labute approximate surface area is 110 Å². The molecule has 0 radical (unpaired) electrons. The van der Waals surface area contributed by atoms with Gasteiger partial charge in [-0.05, 0) is 19.1 Å². The number of hydrogen-bond donors (Lipinski definition) is 2. The van der Waals surface area contributed by atoms with Crippen LogP contribution in [-0.2, 0) is 6.61 Å². The maximum atomic E-state index is 13.7. The molecular formula is C15H15F2NO. The van der Waals surface area contributed by atoms with Gasteiger partial charge in [0.2, 0.25) is 0 Å². The van der Waals surface area contributed by atoms with Gasteiger partial charge in [0.05, 0.1) is 12.6 Å². The van der Waals surface area contributed by atoms with Crippen LogP contribution in [0.5, 0.6) is 0 Å². The minimum absolute atomic E-state index is 0.110. The summed E-state index contributed by atoms with van der Waals surface area (Å²) in [4.78, 5) is 0. The summed E-state index contributed by atoms with van der Waals surface area (Å²) >= 11 is 0. The van der Waals surface area contributed by atoms with Gasteiger partial charge in [0.15, 0.2) is 11.6 Å². The zero-order chi connectivity index (χ0) is 13.8. The molecule has 1 atom stereocenters. The lowest BCUT2D eigenvalue weighted by Gasteiger charge is -2.18. The van der Waals surface area contributed by atoms with Crippen molar-refractivity contribution in [2.75, 3.05) is 5.32 Å². The molecule has 0 heterocycles. The number of rotatable bonds is 4. The van der Waals surface area contributed by atoms with Crippen molar-refractivity contribution in [3.63, 3.8) is 0 Å². The van der Waals surface area contributed by atoms with Crippen molar-refractivity contribution in [2.45, 2.75) is 19.6 Å². The van der Waals surface area contributed by atoms with Crippen LogP contribution in [0.3, 0.4) is 0 Å². The Hall–Kier alpha value is -1.94. The fourth-order valence-electron chi connectivity index (χ4n) is 1.96. The molecule has 100 valence electrons. The molecule has 0 saturated heterocycles. The molecule has 4 heteroatoms. The highest BCUT2D eigenvalue weighted by atomic mass is 19.2. The smallest absolute Gasteiger partial charge is 0.164 e. The van der Waals surface area contributed by atoms with Gasteiger partial charge in [-0.2, -0.15) is 0 Å². The molecule has 0 bridgehead atoms. The van der Waals surface area contributed by atoms with Crippen molar-refractivity contribution >= 4 is 5.69 Å². The third-order valence-corrected chi connectivity index (χ3v) is 3.01. The average molecular weight is 263 g/mol. The van der Waals surface area contributed by atoms with Crippen molar-refractivity contribution in [3.05, 3.63) is 65.2 Å². The lowest BCUT2D eigenvalue weighted by molar-refractivity contribution is 0.282. The molecule has 0 spiro atoms. The molecule has 2 aromatic carbocycles. The molecule has 0 amide bonds. The normalized spacial score (nSPS) is 12.2. The second-order valence-electron chi connectivity index (χ2n) is 4.32. The maximum Gasteiger partial charge on any atom is 0.164 e. The minimum atomic E-state index is -0.860. The topological polar surface area (TPSA) is 32.3 Å². The summed E-state index contributed by atoms with van der Waals surface area (Å²) in [7, 11) is 0. The van der Waals surface area contributed by atoms with Crippen molar-refractivity contribution < 1.29 is 13.9 Å². The summed E-state index contributed by atoms with van der Waals surface area (Å²) in [6, 6.07) is 10.9. The number of benzene rings is 2. The van der Waals surface area contributed by atoms with E-state index >= 15 is 0 Å². The van der Waals surface area contributed by atoms with Crippen molar-refractivity contribution in [1.29, 1.82) is 0 Å². The number of halogens is 2. The van der Waals surface area contributed by atoms with E-state index in [-0.39, 0.29) is 12.2 Å². The Morgan fingerprint density at radius 3 is 2.58 bits per heavy atom. The molecule has 0 aliphatic carbocycles. The molecule has 0 aliphatic rings. The molecule has 0 aliphatic heterocycles. The Bertz CT molecular complexity index is 572. The van der Waals surface area contributed by atoms with E-state index in [9.17, 15) is 13.9 Å². The highest BCUT2D eigenvalue weighted by Crippen LogP contribution is 2.25. The number of anilines is 1. The van der Waals surface area contributed by atoms with Gasteiger partial charge in [-0.15, -0.1) is 0 Å². The lowest BCUT2D eigenvalue weighted by atomic mass is 10.1. The first-order valence-electron chi connectivity index (χ1n) is 6.02. The van der Waals surface area contributed by atoms with Gasteiger partial charge in [0, 0.05) is 16.8 Å². The predicted octanol–water partition coefficient (Wildman–Crippen LogP) is 3.63. The van der Waals surface area contributed by atoms with Crippen LogP contribution in [0.15, 0.2) is 42.5 Å². The third-order valence-electron chi connectivity index (χ3n) is 3.01.